The van der Waals surface area contributed by atoms with Gasteiger partial charge in [0, 0.05) is 43.4 Å². The Hall–Kier alpha value is -5.68. The number of nitrogens with one attached hydrogen (secondary N) is 1. The molecule has 2 aliphatic heterocycles. The fourth-order valence-corrected chi connectivity index (χ4v) is 9.92. The van der Waals surface area contributed by atoms with E-state index in [2.05, 4.69) is 16.5 Å². The Morgan fingerprint density at radius 3 is 2.15 bits per heavy atom. The van der Waals surface area contributed by atoms with Gasteiger partial charge >= 0.3 is 6.09 Å². The van der Waals surface area contributed by atoms with Crippen molar-refractivity contribution >= 4 is 44.4 Å². The molecule has 3 fully saturated rings. The first-order valence-corrected chi connectivity index (χ1v) is 22.6. The molecule has 8 rings (SSSR count). The van der Waals surface area contributed by atoms with E-state index in [0.717, 1.165) is 43.4 Å². The van der Waals surface area contributed by atoms with Crippen molar-refractivity contribution in [2.75, 3.05) is 57.8 Å². The average molecular weight is 873 g/mol. The molecule has 1 aliphatic carbocycles. The number of benzene rings is 3. The monoisotopic (exact) mass is 872 g/mol. The molecule has 1 N–H and O–H groups in total. The zero-order chi connectivity index (χ0) is 43.8. The van der Waals surface area contributed by atoms with Crippen molar-refractivity contribution in [2.24, 2.45) is 0 Å². The van der Waals surface area contributed by atoms with Gasteiger partial charge in [-0.2, -0.15) is 5.10 Å². The molecule has 16 nitrogen and oxygen atoms in total. The van der Waals surface area contributed by atoms with Crippen molar-refractivity contribution in [3.05, 3.63) is 71.4 Å². The van der Waals surface area contributed by atoms with E-state index in [-0.39, 0.29) is 47.0 Å². The normalized spacial score (nSPS) is 17.5. The lowest BCUT2D eigenvalue weighted by Crippen LogP contribution is -2.41. The number of piperidine rings is 1. The summed E-state index contributed by atoms with van der Waals surface area (Å²) in [7, 11) is 1.47. The van der Waals surface area contributed by atoms with Crippen molar-refractivity contribution in [3.8, 4) is 23.0 Å². The van der Waals surface area contributed by atoms with Gasteiger partial charge in [-0.1, -0.05) is 17.3 Å². The summed E-state index contributed by atoms with van der Waals surface area (Å²) in [5.74, 6) is 2.39. The van der Waals surface area contributed by atoms with Gasteiger partial charge in [-0.05, 0) is 113 Å². The first-order chi connectivity index (χ1) is 29.8. The Labute approximate surface area is 362 Å². The standard InChI is InChI=1S/C45H56N6O10S/c1-45(2,3)60-44(52)49-19-17-29(18-20-49)31-22-38(57-6)42(39(23-31)58-7)62(53,54)50(27-28-11-15-32(55-4)16-12-28)43-33-24-37(56-5)34(25-36(33)61-48-43)46-40-26-35(30-13-14-30)51(47-40)41-10-8-9-21-59-41/h11-12,15-16,22-26,29-30,41H,8-10,13-14,17-21,27H2,1-7H3,(H,46,47). The lowest BCUT2D eigenvalue weighted by atomic mass is 9.89. The van der Waals surface area contributed by atoms with E-state index in [4.69, 9.17) is 38.0 Å². The summed E-state index contributed by atoms with van der Waals surface area (Å²) < 4.78 is 74.5. The number of likely N-dealkylation sites (tertiary alicyclic amines) is 1. The highest BCUT2D eigenvalue weighted by atomic mass is 32.2. The molecular formula is C45H56N6O10S. The van der Waals surface area contributed by atoms with Gasteiger partial charge in [-0.3, -0.25) is 0 Å². The van der Waals surface area contributed by atoms with Crippen molar-refractivity contribution in [2.45, 2.75) is 101 Å². The number of methoxy groups -OCH3 is 4. The molecule has 5 aromatic rings. The van der Waals surface area contributed by atoms with Gasteiger partial charge in [-0.25, -0.2) is 22.2 Å². The molecule has 1 unspecified atom stereocenters. The fraction of sp³-hybridized carbons (Fsp3) is 0.489. The van der Waals surface area contributed by atoms with E-state index < -0.39 is 15.6 Å². The molecule has 4 heterocycles. The third-order valence-electron chi connectivity index (χ3n) is 11.6. The molecule has 62 heavy (non-hydrogen) atoms. The molecular weight excluding hydrogens is 817 g/mol. The molecule has 3 aromatic carbocycles. The molecule has 1 saturated carbocycles. The van der Waals surface area contributed by atoms with Crippen LogP contribution in [-0.4, -0.2) is 88.1 Å². The number of fused-ring (bicyclic) bond motifs is 1. The van der Waals surface area contributed by atoms with Gasteiger partial charge in [0.1, 0.15) is 28.6 Å². The van der Waals surface area contributed by atoms with Crippen molar-refractivity contribution in [1.82, 2.24) is 19.8 Å². The molecule has 2 aromatic heterocycles. The van der Waals surface area contributed by atoms with E-state index >= 15 is 8.42 Å². The van der Waals surface area contributed by atoms with Crippen molar-refractivity contribution in [1.29, 1.82) is 0 Å². The quantitative estimate of drug-likeness (QED) is 0.112. The molecule has 2 saturated heterocycles. The second kappa shape index (κ2) is 17.6. The van der Waals surface area contributed by atoms with Crippen LogP contribution in [0.1, 0.15) is 101 Å². The second-order valence-electron chi connectivity index (χ2n) is 17.0. The smallest absolute Gasteiger partial charge is 0.410 e. The Kier molecular flexibility index (Phi) is 12.2. The predicted molar refractivity (Wildman–Crippen MR) is 233 cm³/mol. The van der Waals surface area contributed by atoms with Crippen LogP contribution < -0.4 is 28.6 Å². The summed E-state index contributed by atoms with van der Waals surface area (Å²) >= 11 is 0. The lowest BCUT2D eigenvalue weighted by Gasteiger charge is -2.34. The Morgan fingerprint density at radius 1 is 0.855 bits per heavy atom. The van der Waals surface area contributed by atoms with Crippen LogP contribution in [0.4, 0.5) is 22.1 Å². The number of ether oxygens (including phenoxy) is 6. The SMILES string of the molecule is COc1ccc(CN(c2noc3cc(Nc4cc(C5CC5)n(C5CCCCO5)n4)c(OC)cc23)S(=O)(=O)c2c(OC)cc(C3CCN(C(=O)OC(C)(C)C)CC3)cc2OC)cc1. The van der Waals surface area contributed by atoms with Gasteiger partial charge in [-0.15, -0.1) is 0 Å². The molecule has 17 heteroatoms. The maximum absolute atomic E-state index is 15.3. The summed E-state index contributed by atoms with van der Waals surface area (Å²) in [5.41, 5.74) is 2.92. The molecule has 1 amide bonds. The largest absolute Gasteiger partial charge is 0.497 e. The first-order valence-electron chi connectivity index (χ1n) is 21.1. The van der Waals surface area contributed by atoms with E-state index in [1.807, 2.05) is 25.5 Å². The highest BCUT2D eigenvalue weighted by Gasteiger charge is 2.37. The summed E-state index contributed by atoms with van der Waals surface area (Å²) in [6.07, 6.45) is 6.10. The minimum Gasteiger partial charge on any atom is -0.497 e. The van der Waals surface area contributed by atoms with Crippen molar-refractivity contribution in [3.63, 3.8) is 0 Å². The molecule has 0 spiro atoms. The van der Waals surface area contributed by atoms with Crippen LogP contribution in [0.25, 0.3) is 11.0 Å². The van der Waals surface area contributed by atoms with E-state index in [1.54, 1.807) is 67.7 Å². The number of aromatic nitrogens is 3. The molecule has 332 valence electrons. The predicted octanol–water partition coefficient (Wildman–Crippen LogP) is 8.89. The number of amides is 1. The van der Waals surface area contributed by atoms with Crippen LogP contribution in [-0.2, 0) is 26.0 Å². The summed E-state index contributed by atoms with van der Waals surface area (Å²) in [5, 5.41) is 13.2. The zero-order valence-electron chi connectivity index (χ0n) is 36.4. The van der Waals surface area contributed by atoms with Crippen LogP contribution in [0, 0.1) is 0 Å². The Bertz CT molecular complexity index is 2470. The van der Waals surface area contributed by atoms with Gasteiger partial charge in [0.25, 0.3) is 10.0 Å². The minimum absolute atomic E-state index is 0.00745. The average Bonchev–Trinajstić information content (AvgIpc) is 3.92. The van der Waals surface area contributed by atoms with E-state index in [1.165, 1.54) is 18.5 Å². The Morgan fingerprint density at radius 2 is 1.55 bits per heavy atom. The number of anilines is 3. The number of sulfonamides is 1. The van der Waals surface area contributed by atoms with Crippen LogP contribution >= 0.6 is 0 Å². The topological polar surface area (TPSA) is 169 Å². The maximum Gasteiger partial charge on any atom is 0.410 e. The number of carbonyl (C=O) groups is 1. The lowest BCUT2D eigenvalue weighted by molar-refractivity contribution is -0.0409. The zero-order valence-corrected chi connectivity index (χ0v) is 37.2. The van der Waals surface area contributed by atoms with Crippen LogP contribution in [0.15, 0.2) is 64.0 Å². The summed E-state index contributed by atoms with van der Waals surface area (Å²) in [4.78, 5) is 14.3. The molecule has 0 radical (unpaired) electrons. The molecule has 0 bridgehead atoms. The van der Waals surface area contributed by atoms with Gasteiger partial charge in [0.05, 0.1) is 46.1 Å². The number of hydrogen-bond acceptors (Lipinski definition) is 13. The second-order valence-corrected chi connectivity index (χ2v) is 18.8. The molecule has 3 aliphatic rings. The number of hydrogen-bond donors (Lipinski definition) is 1. The van der Waals surface area contributed by atoms with Gasteiger partial charge < -0.3 is 43.2 Å². The van der Waals surface area contributed by atoms with Gasteiger partial charge in [0.15, 0.2) is 28.3 Å². The maximum atomic E-state index is 15.3. The third kappa shape index (κ3) is 8.96. The number of rotatable bonds is 14. The van der Waals surface area contributed by atoms with Crippen LogP contribution in [0.3, 0.4) is 0 Å². The summed E-state index contributed by atoms with van der Waals surface area (Å²) in [6, 6.07) is 16.1. The Balaban J connectivity index is 1.14. The summed E-state index contributed by atoms with van der Waals surface area (Å²) in [6.45, 7) is 7.09. The van der Waals surface area contributed by atoms with Crippen LogP contribution in [0.2, 0.25) is 0 Å². The van der Waals surface area contributed by atoms with Crippen LogP contribution in [0.5, 0.6) is 23.0 Å². The third-order valence-corrected chi connectivity index (χ3v) is 13.4. The number of carbonyl (C=O) groups excluding carboxylic acids is 1. The first kappa shape index (κ1) is 43.0. The van der Waals surface area contributed by atoms with Gasteiger partial charge in [0.2, 0.25) is 0 Å². The highest BCUT2D eigenvalue weighted by molar-refractivity contribution is 7.93. The highest BCUT2D eigenvalue weighted by Crippen LogP contribution is 2.46. The number of nitrogens with zero attached hydrogens (tertiary/aromatic N) is 5. The van der Waals surface area contributed by atoms with E-state index in [9.17, 15) is 4.79 Å². The van der Waals surface area contributed by atoms with E-state index in [0.29, 0.717) is 78.0 Å². The minimum atomic E-state index is -4.51. The molecule has 1 atom stereocenters. The van der Waals surface area contributed by atoms with Crippen molar-refractivity contribution < 1.29 is 46.2 Å². The fourth-order valence-electron chi connectivity index (χ4n) is 8.23.